The van der Waals surface area contributed by atoms with Crippen molar-refractivity contribution in [3.05, 3.63) is 52.0 Å². The molecule has 0 bridgehead atoms. The highest BCUT2D eigenvalue weighted by Gasteiger charge is 2.35. The van der Waals surface area contributed by atoms with E-state index in [9.17, 15) is 9.59 Å². The molecule has 0 atom stereocenters. The van der Waals surface area contributed by atoms with E-state index in [4.69, 9.17) is 9.47 Å². The number of amides is 1. The van der Waals surface area contributed by atoms with Crippen LogP contribution < -0.4 is 14.4 Å². The summed E-state index contributed by atoms with van der Waals surface area (Å²) in [6.07, 6.45) is 0. The number of rotatable bonds is 4. The monoisotopic (exact) mass is 375 g/mol. The predicted molar refractivity (Wildman–Crippen MR) is 89.2 cm³/mol. The van der Waals surface area contributed by atoms with Crippen LogP contribution in [0.2, 0.25) is 0 Å². The molecule has 1 amide bonds. The van der Waals surface area contributed by atoms with Crippen LogP contribution >= 0.6 is 15.9 Å². The molecule has 0 saturated heterocycles. The topological polar surface area (TPSA) is 55.8 Å². The quantitative estimate of drug-likeness (QED) is 0.770. The Morgan fingerprint density at radius 2 is 1.74 bits per heavy atom. The zero-order chi connectivity index (χ0) is 16.6. The second kappa shape index (κ2) is 6.04. The fourth-order valence-corrected chi connectivity index (χ4v) is 2.95. The average molecular weight is 376 g/mol. The number of benzene rings is 2. The zero-order valence-corrected chi connectivity index (χ0v) is 14.2. The lowest BCUT2D eigenvalue weighted by Gasteiger charge is -2.17. The molecule has 0 aliphatic carbocycles. The Morgan fingerprint density at radius 1 is 1.00 bits per heavy atom. The summed E-state index contributed by atoms with van der Waals surface area (Å²) in [5, 5.41) is 0. The smallest absolute Gasteiger partial charge is 0.299 e. The number of ether oxygens (including phenoxy) is 2. The van der Waals surface area contributed by atoms with Crippen LogP contribution in [0.4, 0.5) is 5.69 Å². The lowest BCUT2D eigenvalue weighted by molar-refractivity contribution is -0.114. The number of ketones is 1. The van der Waals surface area contributed by atoms with E-state index in [0.717, 1.165) is 10.0 Å². The number of anilines is 1. The van der Waals surface area contributed by atoms with Gasteiger partial charge in [0.2, 0.25) is 0 Å². The number of hydrogen-bond acceptors (Lipinski definition) is 4. The highest BCUT2D eigenvalue weighted by atomic mass is 79.9. The summed E-state index contributed by atoms with van der Waals surface area (Å²) in [6.45, 7) is 0.291. The van der Waals surface area contributed by atoms with Crippen LogP contribution in [0.3, 0.4) is 0 Å². The van der Waals surface area contributed by atoms with Gasteiger partial charge in [-0.05, 0) is 35.9 Å². The Hall–Kier alpha value is -2.34. The number of carbonyl (C=O) groups excluding carboxylic acids is 2. The summed E-state index contributed by atoms with van der Waals surface area (Å²) in [7, 11) is 3.12. The Bertz CT molecular complexity index is 803. The predicted octanol–water partition coefficient (Wildman–Crippen LogP) is 3.20. The minimum absolute atomic E-state index is 0.291. The first-order valence-electron chi connectivity index (χ1n) is 6.92. The van der Waals surface area contributed by atoms with Crippen LogP contribution in [0.15, 0.2) is 40.9 Å². The van der Waals surface area contributed by atoms with Gasteiger partial charge >= 0.3 is 0 Å². The van der Waals surface area contributed by atoms with Crippen molar-refractivity contribution in [2.24, 2.45) is 0 Å². The minimum atomic E-state index is -0.520. The zero-order valence-electron chi connectivity index (χ0n) is 12.6. The van der Waals surface area contributed by atoms with Crippen LogP contribution in [-0.2, 0) is 11.3 Å². The molecule has 23 heavy (non-hydrogen) atoms. The molecule has 1 aliphatic heterocycles. The van der Waals surface area contributed by atoms with Crippen molar-refractivity contribution >= 4 is 33.3 Å². The maximum atomic E-state index is 12.3. The molecule has 0 fully saturated rings. The highest BCUT2D eigenvalue weighted by Crippen LogP contribution is 2.34. The molecule has 0 spiro atoms. The Balaban J connectivity index is 1.95. The van der Waals surface area contributed by atoms with Crippen LogP contribution in [-0.4, -0.2) is 25.9 Å². The third-order valence-corrected chi connectivity index (χ3v) is 4.22. The van der Waals surface area contributed by atoms with Crippen molar-refractivity contribution in [2.45, 2.75) is 6.54 Å². The van der Waals surface area contributed by atoms with Crippen molar-refractivity contribution in [1.82, 2.24) is 0 Å². The van der Waals surface area contributed by atoms with Crippen LogP contribution in [0.1, 0.15) is 15.9 Å². The van der Waals surface area contributed by atoms with E-state index in [-0.39, 0.29) is 0 Å². The van der Waals surface area contributed by atoms with E-state index in [2.05, 4.69) is 15.9 Å². The molecule has 1 heterocycles. The molecule has 118 valence electrons. The number of methoxy groups -OCH3 is 2. The van der Waals surface area contributed by atoms with E-state index in [0.29, 0.717) is 29.3 Å². The molecule has 0 unspecified atom stereocenters. The van der Waals surface area contributed by atoms with Crippen molar-refractivity contribution in [2.75, 3.05) is 19.1 Å². The second-order valence-electron chi connectivity index (χ2n) is 5.07. The highest BCUT2D eigenvalue weighted by molar-refractivity contribution is 9.10. The molecule has 6 heteroatoms. The van der Waals surface area contributed by atoms with Crippen molar-refractivity contribution in [1.29, 1.82) is 0 Å². The first-order chi connectivity index (χ1) is 11.0. The average Bonchev–Trinajstić information content (AvgIpc) is 2.79. The van der Waals surface area contributed by atoms with Gasteiger partial charge in [-0.2, -0.15) is 0 Å². The molecule has 1 aliphatic rings. The number of halogens is 1. The van der Waals surface area contributed by atoms with Crippen LogP contribution in [0.25, 0.3) is 0 Å². The molecule has 0 saturated carbocycles. The third-order valence-electron chi connectivity index (χ3n) is 3.72. The molecule has 2 aromatic rings. The minimum Gasteiger partial charge on any atom is -0.493 e. The Labute approximate surface area is 141 Å². The molecule has 5 nitrogen and oxygen atoms in total. The summed E-state index contributed by atoms with van der Waals surface area (Å²) in [5.41, 5.74) is 1.89. The number of carbonyl (C=O) groups is 2. The number of Topliss-reactive ketones (excluding diaryl/α,β-unsaturated/α-hetero) is 1. The summed E-state index contributed by atoms with van der Waals surface area (Å²) in [5.74, 6) is 0.193. The molecule has 0 N–H and O–H groups in total. The summed E-state index contributed by atoms with van der Waals surface area (Å²) >= 11 is 3.32. The number of hydrogen-bond donors (Lipinski definition) is 0. The maximum absolute atomic E-state index is 12.3. The van der Waals surface area contributed by atoms with Gasteiger partial charge in [-0.25, -0.2) is 0 Å². The molecule has 3 rings (SSSR count). The Kier molecular flexibility index (Phi) is 4.09. The number of fused-ring (bicyclic) bond motifs is 1. The summed E-state index contributed by atoms with van der Waals surface area (Å²) in [4.78, 5) is 25.9. The molecular weight excluding hydrogens is 362 g/mol. The van der Waals surface area contributed by atoms with Gasteiger partial charge in [0.15, 0.2) is 11.5 Å². The summed E-state index contributed by atoms with van der Waals surface area (Å²) < 4.78 is 11.2. The second-order valence-corrected chi connectivity index (χ2v) is 5.99. The molecule has 2 aromatic carbocycles. The van der Waals surface area contributed by atoms with E-state index >= 15 is 0 Å². The van der Waals surface area contributed by atoms with E-state index < -0.39 is 11.7 Å². The Morgan fingerprint density at radius 3 is 2.43 bits per heavy atom. The van der Waals surface area contributed by atoms with Gasteiger partial charge in [-0.3, -0.25) is 9.59 Å². The lowest BCUT2D eigenvalue weighted by Crippen LogP contribution is -2.29. The van der Waals surface area contributed by atoms with Gasteiger partial charge in [0.05, 0.1) is 32.0 Å². The van der Waals surface area contributed by atoms with Gasteiger partial charge in [0.1, 0.15) is 0 Å². The number of nitrogens with zero attached hydrogens (tertiary/aromatic N) is 1. The standard InChI is InChI=1S/C17H14BrNO4/c1-22-14-6-3-10(7-15(14)23-2)9-19-13-5-4-11(18)8-12(13)16(20)17(19)21/h3-8H,9H2,1-2H3. The van der Waals surface area contributed by atoms with Crippen LogP contribution in [0.5, 0.6) is 11.5 Å². The van der Waals surface area contributed by atoms with Gasteiger partial charge in [0, 0.05) is 4.47 Å². The van der Waals surface area contributed by atoms with Gasteiger partial charge < -0.3 is 14.4 Å². The fraction of sp³-hybridized carbons (Fsp3) is 0.176. The molecule has 0 aromatic heterocycles. The van der Waals surface area contributed by atoms with E-state index in [1.807, 2.05) is 12.1 Å². The van der Waals surface area contributed by atoms with Crippen molar-refractivity contribution in [3.63, 3.8) is 0 Å². The van der Waals surface area contributed by atoms with Gasteiger partial charge in [-0.1, -0.05) is 22.0 Å². The van der Waals surface area contributed by atoms with E-state index in [1.54, 1.807) is 38.5 Å². The first kappa shape index (κ1) is 15.6. The third kappa shape index (κ3) is 2.70. The van der Waals surface area contributed by atoms with Gasteiger partial charge in [0.25, 0.3) is 11.7 Å². The van der Waals surface area contributed by atoms with Crippen molar-refractivity contribution < 1.29 is 19.1 Å². The summed E-state index contributed by atoms with van der Waals surface area (Å²) in [6, 6.07) is 10.7. The SMILES string of the molecule is COc1ccc(CN2C(=O)C(=O)c3cc(Br)ccc32)cc1OC. The van der Waals surface area contributed by atoms with Gasteiger partial charge in [-0.15, -0.1) is 0 Å². The molecule has 0 radical (unpaired) electrons. The first-order valence-corrected chi connectivity index (χ1v) is 7.71. The maximum Gasteiger partial charge on any atom is 0.299 e. The van der Waals surface area contributed by atoms with Crippen molar-refractivity contribution in [3.8, 4) is 11.5 Å². The van der Waals surface area contributed by atoms with Crippen LogP contribution in [0, 0.1) is 0 Å². The largest absolute Gasteiger partial charge is 0.493 e. The van der Waals surface area contributed by atoms with E-state index in [1.165, 1.54) is 4.90 Å². The fourth-order valence-electron chi connectivity index (χ4n) is 2.59. The lowest BCUT2D eigenvalue weighted by atomic mass is 10.1. The normalized spacial score (nSPS) is 13.3. The molecular formula is C17H14BrNO4.